The fraction of sp³-hybridized carbons (Fsp3) is 0.538. The van der Waals surface area contributed by atoms with E-state index in [0.717, 1.165) is 48.6 Å². The topological polar surface area (TPSA) is 90.9 Å². The lowest BCUT2D eigenvalue weighted by Gasteiger charge is -2.31. The number of amides is 3. The van der Waals surface area contributed by atoms with Gasteiger partial charge in [-0.2, -0.15) is 0 Å². The van der Waals surface area contributed by atoms with Crippen molar-refractivity contribution in [3.05, 3.63) is 36.4 Å². The number of ether oxygens (including phenoxy) is 1. The van der Waals surface area contributed by atoms with Gasteiger partial charge >= 0.3 is 6.03 Å². The SMILES string of the molecule is CCCNC(=O)N(CC(=O)N1CCCN(c2ccc(-c3cccc(OC)c3)nn2)CC1)[C@H](C)CC. The molecule has 0 unspecified atom stereocenters. The fourth-order valence-electron chi connectivity index (χ4n) is 4.05. The van der Waals surface area contributed by atoms with E-state index in [9.17, 15) is 9.59 Å². The number of carbonyl (C=O) groups excluding carboxylic acids is 2. The van der Waals surface area contributed by atoms with Crippen LogP contribution in [-0.2, 0) is 4.79 Å². The molecule has 1 aromatic carbocycles. The summed E-state index contributed by atoms with van der Waals surface area (Å²) in [5.41, 5.74) is 1.73. The van der Waals surface area contributed by atoms with Gasteiger partial charge in [0.05, 0.1) is 12.8 Å². The molecular weight excluding hydrogens is 444 g/mol. The summed E-state index contributed by atoms with van der Waals surface area (Å²) in [4.78, 5) is 31.4. The number of hydrogen-bond acceptors (Lipinski definition) is 6. The van der Waals surface area contributed by atoms with Gasteiger partial charge in [0.2, 0.25) is 5.91 Å². The van der Waals surface area contributed by atoms with Crippen LogP contribution in [0.15, 0.2) is 36.4 Å². The Morgan fingerprint density at radius 3 is 2.63 bits per heavy atom. The lowest BCUT2D eigenvalue weighted by Crippen LogP contribution is -2.50. The van der Waals surface area contributed by atoms with Crippen molar-refractivity contribution in [2.45, 2.75) is 46.1 Å². The highest BCUT2D eigenvalue weighted by Crippen LogP contribution is 2.23. The molecule has 0 spiro atoms. The molecule has 0 radical (unpaired) electrons. The minimum atomic E-state index is -0.169. The first-order valence-electron chi connectivity index (χ1n) is 12.5. The van der Waals surface area contributed by atoms with Gasteiger partial charge in [0, 0.05) is 44.3 Å². The molecule has 2 heterocycles. The largest absolute Gasteiger partial charge is 0.497 e. The van der Waals surface area contributed by atoms with Crippen molar-refractivity contribution in [1.29, 1.82) is 0 Å². The maximum absolute atomic E-state index is 13.1. The molecule has 1 aromatic heterocycles. The molecular formula is C26H38N6O3. The normalized spacial score (nSPS) is 14.7. The summed E-state index contributed by atoms with van der Waals surface area (Å²) in [7, 11) is 1.64. The Kier molecular flexibility index (Phi) is 9.69. The van der Waals surface area contributed by atoms with Crippen LogP contribution in [0.1, 0.15) is 40.0 Å². The first kappa shape index (κ1) is 26.2. The minimum Gasteiger partial charge on any atom is -0.497 e. The average molecular weight is 483 g/mol. The van der Waals surface area contributed by atoms with E-state index in [2.05, 4.69) is 20.4 Å². The monoisotopic (exact) mass is 482 g/mol. The molecule has 1 saturated heterocycles. The van der Waals surface area contributed by atoms with Gasteiger partial charge in [-0.3, -0.25) is 4.79 Å². The van der Waals surface area contributed by atoms with Gasteiger partial charge in [0.15, 0.2) is 5.82 Å². The number of methoxy groups -OCH3 is 1. The van der Waals surface area contributed by atoms with Crippen molar-refractivity contribution >= 4 is 17.8 Å². The molecule has 0 saturated carbocycles. The Labute approximate surface area is 208 Å². The highest BCUT2D eigenvalue weighted by Gasteiger charge is 2.26. The lowest BCUT2D eigenvalue weighted by atomic mass is 10.1. The highest BCUT2D eigenvalue weighted by molar-refractivity contribution is 5.84. The second-order valence-electron chi connectivity index (χ2n) is 8.85. The standard InChI is InChI=1S/C26H38N6O3/c1-5-13-27-26(34)32(20(3)6-2)19-25(33)31-15-8-14-30(16-17-31)24-12-11-23(28-29-24)21-9-7-10-22(18-21)35-4/h7,9-12,18,20H,5-6,8,13-17,19H2,1-4H3,(H,27,34)/t20-/m1/s1. The number of nitrogens with one attached hydrogen (secondary N) is 1. The van der Waals surface area contributed by atoms with Crippen LogP contribution in [0.4, 0.5) is 10.6 Å². The third kappa shape index (κ3) is 7.07. The van der Waals surface area contributed by atoms with Gasteiger partial charge in [-0.15, -0.1) is 10.2 Å². The Bertz CT molecular complexity index is 968. The first-order chi connectivity index (χ1) is 17.0. The summed E-state index contributed by atoms with van der Waals surface area (Å²) >= 11 is 0. The van der Waals surface area contributed by atoms with Gasteiger partial charge in [-0.25, -0.2) is 4.79 Å². The zero-order valence-corrected chi connectivity index (χ0v) is 21.4. The fourth-order valence-corrected chi connectivity index (χ4v) is 4.05. The third-order valence-electron chi connectivity index (χ3n) is 6.40. The second-order valence-corrected chi connectivity index (χ2v) is 8.85. The Balaban J connectivity index is 1.61. The van der Waals surface area contributed by atoms with Crippen LogP contribution in [0.2, 0.25) is 0 Å². The van der Waals surface area contributed by atoms with E-state index in [4.69, 9.17) is 4.74 Å². The molecule has 1 aliphatic rings. The molecule has 0 bridgehead atoms. The third-order valence-corrected chi connectivity index (χ3v) is 6.40. The van der Waals surface area contributed by atoms with Gasteiger partial charge < -0.3 is 24.8 Å². The van der Waals surface area contributed by atoms with Crippen molar-refractivity contribution in [3.8, 4) is 17.0 Å². The molecule has 9 nitrogen and oxygen atoms in total. The molecule has 1 atom stereocenters. The van der Waals surface area contributed by atoms with E-state index in [-0.39, 0.29) is 24.5 Å². The van der Waals surface area contributed by atoms with Crippen molar-refractivity contribution in [1.82, 2.24) is 25.3 Å². The van der Waals surface area contributed by atoms with E-state index >= 15 is 0 Å². The maximum atomic E-state index is 13.1. The quantitative estimate of drug-likeness (QED) is 0.589. The molecule has 1 fully saturated rings. The predicted octanol–water partition coefficient (Wildman–Crippen LogP) is 3.41. The average Bonchev–Trinajstić information content (AvgIpc) is 3.16. The number of urea groups is 1. The maximum Gasteiger partial charge on any atom is 0.318 e. The highest BCUT2D eigenvalue weighted by atomic mass is 16.5. The summed E-state index contributed by atoms with van der Waals surface area (Å²) in [6.07, 6.45) is 2.49. The molecule has 3 rings (SSSR count). The zero-order valence-electron chi connectivity index (χ0n) is 21.4. The zero-order chi connectivity index (χ0) is 25.2. The Hall–Kier alpha value is -3.36. The number of nitrogens with zero attached hydrogens (tertiary/aromatic N) is 5. The van der Waals surface area contributed by atoms with Gasteiger partial charge in [0.25, 0.3) is 0 Å². The lowest BCUT2D eigenvalue weighted by molar-refractivity contribution is -0.132. The van der Waals surface area contributed by atoms with Crippen molar-refractivity contribution in [2.75, 3.05) is 51.3 Å². The molecule has 3 amide bonds. The summed E-state index contributed by atoms with van der Waals surface area (Å²) < 4.78 is 5.30. The van der Waals surface area contributed by atoms with Gasteiger partial charge in [-0.1, -0.05) is 26.0 Å². The number of carbonyl (C=O) groups is 2. The smallest absolute Gasteiger partial charge is 0.318 e. The van der Waals surface area contributed by atoms with Crippen molar-refractivity contribution in [3.63, 3.8) is 0 Å². The molecule has 190 valence electrons. The van der Waals surface area contributed by atoms with Gasteiger partial charge in [0.1, 0.15) is 12.3 Å². The number of benzene rings is 1. The van der Waals surface area contributed by atoms with E-state index in [1.807, 2.05) is 62.1 Å². The first-order valence-corrected chi connectivity index (χ1v) is 12.5. The molecule has 1 aliphatic heterocycles. The number of aromatic nitrogens is 2. The summed E-state index contributed by atoms with van der Waals surface area (Å²) in [6.45, 7) is 9.44. The van der Waals surface area contributed by atoms with Crippen LogP contribution in [0.3, 0.4) is 0 Å². The van der Waals surface area contributed by atoms with Crippen LogP contribution in [-0.4, -0.2) is 84.4 Å². The van der Waals surface area contributed by atoms with E-state index in [0.29, 0.717) is 26.2 Å². The van der Waals surface area contributed by atoms with Crippen LogP contribution >= 0.6 is 0 Å². The van der Waals surface area contributed by atoms with Crippen LogP contribution in [0.5, 0.6) is 5.75 Å². The number of hydrogen-bond donors (Lipinski definition) is 1. The van der Waals surface area contributed by atoms with Gasteiger partial charge in [-0.05, 0) is 50.5 Å². The predicted molar refractivity (Wildman–Crippen MR) is 138 cm³/mol. The summed E-state index contributed by atoms with van der Waals surface area (Å²) in [5, 5.41) is 11.8. The number of rotatable bonds is 9. The van der Waals surface area contributed by atoms with E-state index in [1.165, 1.54) is 0 Å². The Morgan fingerprint density at radius 2 is 1.94 bits per heavy atom. The Morgan fingerprint density at radius 1 is 1.11 bits per heavy atom. The van der Waals surface area contributed by atoms with E-state index < -0.39 is 0 Å². The minimum absolute atomic E-state index is 0.00217. The molecule has 1 N–H and O–H groups in total. The van der Waals surface area contributed by atoms with Crippen LogP contribution < -0.4 is 15.0 Å². The van der Waals surface area contributed by atoms with Crippen LogP contribution in [0.25, 0.3) is 11.3 Å². The molecule has 35 heavy (non-hydrogen) atoms. The number of anilines is 1. The molecule has 2 aromatic rings. The molecule has 0 aliphatic carbocycles. The van der Waals surface area contributed by atoms with E-state index in [1.54, 1.807) is 12.0 Å². The second kappa shape index (κ2) is 12.9. The van der Waals surface area contributed by atoms with Crippen molar-refractivity contribution in [2.24, 2.45) is 0 Å². The summed E-state index contributed by atoms with van der Waals surface area (Å²) in [5.74, 6) is 1.56. The summed E-state index contributed by atoms with van der Waals surface area (Å²) in [6, 6.07) is 11.5. The van der Waals surface area contributed by atoms with Crippen LogP contribution in [0, 0.1) is 0 Å². The molecule has 9 heteroatoms. The van der Waals surface area contributed by atoms with Crippen molar-refractivity contribution < 1.29 is 14.3 Å².